The number of aromatic amines is 2. The van der Waals surface area contributed by atoms with Gasteiger partial charge in [-0.3, -0.25) is 0 Å². The van der Waals surface area contributed by atoms with Gasteiger partial charge in [-0.1, -0.05) is 52.0 Å². The van der Waals surface area contributed by atoms with E-state index in [-0.39, 0.29) is 0 Å². The highest BCUT2D eigenvalue weighted by Crippen LogP contribution is 2.30. The first-order valence-electron chi connectivity index (χ1n) is 11.7. The molecule has 2 N–H and O–H groups in total. The van der Waals surface area contributed by atoms with Gasteiger partial charge in [0.05, 0.1) is 28.4 Å². The van der Waals surface area contributed by atoms with Gasteiger partial charge in [-0.25, -0.2) is 19.9 Å². The van der Waals surface area contributed by atoms with Crippen LogP contribution in [0, 0.1) is 0 Å². The first kappa shape index (κ1) is 20.5. The number of hydrogen-bond acceptors (Lipinski definition) is 4. The van der Waals surface area contributed by atoms with Crippen LogP contribution in [0.4, 0.5) is 0 Å². The van der Waals surface area contributed by atoms with Crippen LogP contribution in [-0.2, 0) is 0 Å². The maximum atomic E-state index is 4.85. The van der Waals surface area contributed by atoms with Crippen LogP contribution < -0.4 is 0 Å². The molecule has 0 bridgehead atoms. The summed E-state index contributed by atoms with van der Waals surface area (Å²) < 4.78 is 0. The fourth-order valence-corrected chi connectivity index (χ4v) is 4.36. The lowest BCUT2D eigenvalue weighted by molar-refractivity contribution is 0.795. The zero-order chi connectivity index (χ0) is 23.4. The summed E-state index contributed by atoms with van der Waals surface area (Å²) in [4.78, 5) is 25.7. The molecule has 3 aromatic carbocycles. The zero-order valence-electron chi connectivity index (χ0n) is 19.7. The molecule has 0 aliphatic heterocycles. The fraction of sp³-hybridized carbons (Fsp3) is 0.214. The van der Waals surface area contributed by atoms with Crippen molar-refractivity contribution in [3.63, 3.8) is 0 Å². The summed E-state index contributed by atoms with van der Waals surface area (Å²) in [6, 6.07) is 16.8. The third kappa shape index (κ3) is 3.43. The Bertz CT molecular complexity index is 1670. The van der Waals surface area contributed by atoms with E-state index in [1.807, 2.05) is 18.5 Å². The van der Waals surface area contributed by atoms with Crippen molar-refractivity contribution in [2.75, 3.05) is 0 Å². The monoisotopic (exact) mass is 446 g/mol. The van der Waals surface area contributed by atoms with E-state index in [9.17, 15) is 0 Å². The maximum Gasteiger partial charge on any atom is 0.159 e. The molecule has 0 aliphatic rings. The molecule has 0 radical (unpaired) electrons. The summed E-state index contributed by atoms with van der Waals surface area (Å²) >= 11 is 0. The number of hydrogen-bond donors (Lipinski definition) is 2. The van der Waals surface area contributed by atoms with Crippen LogP contribution in [0.2, 0.25) is 0 Å². The number of nitrogens with one attached hydrogen (secondary N) is 2. The van der Waals surface area contributed by atoms with Crippen molar-refractivity contribution < 1.29 is 0 Å². The van der Waals surface area contributed by atoms with Gasteiger partial charge in [0, 0.05) is 39.9 Å². The highest BCUT2D eigenvalue weighted by atomic mass is 14.9. The summed E-state index contributed by atoms with van der Waals surface area (Å²) in [6.07, 6.45) is 3.79. The molecule has 3 heterocycles. The quantitative estimate of drug-likeness (QED) is 0.306. The normalized spacial score (nSPS) is 12.1. The Kier molecular flexibility index (Phi) is 4.69. The molecule has 0 unspecified atom stereocenters. The molecule has 0 saturated carbocycles. The van der Waals surface area contributed by atoms with Crippen molar-refractivity contribution >= 4 is 32.7 Å². The summed E-state index contributed by atoms with van der Waals surface area (Å²) in [5.41, 5.74) is 6.09. The van der Waals surface area contributed by atoms with Crippen LogP contribution in [0.5, 0.6) is 0 Å². The first-order valence-corrected chi connectivity index (χ1v) is 11.7. The molecular weight excluding hydrogens is 420 g/mol. The third-order valence-corrected chi connectivity index (χ3v) is 6.33. The Balaban J connectivity index is 1.37. The van der Waals surface area contributed by atoms with E-state index in [0.717, 1.165) is 67.0 Å². The lowest BCUT2D eigenvalue weighted by Gasteiger charge is -2.06. The van der Waals surface area contributed by atoms with Crippen LogP contribution in [-0.4, -0.2) is 29.9 Å². The molecule has 0 fully saturated rings. The molecule has 6 heteroatoms. The van der Waals surface area contributed by atoms with Gasteiger partial charge in [0.15, 0.2) is 5.82 Å². The van der Waals surface area contributed by atoms with Gasteiger partial charge in [-0.05, 0) is 29.7 Å². The third-order valence-electron chi connectivity index (χ3n) is 6.33. The van der Waals surface area contributed by atoms with Gasteiger partial charge in [0.1, 0.15) is 11.6 Å². The standard InChI is InChI=1S/C28H26N6/c1-15(2)26-30-14-24(33-26)18-7-9-22-20(12-18)13-29-28(31-22)19-5-8-21-17(11-19)6-10-23-25(21)34-27(32-23)16(3)4/h5-16H,1-4H3,(H,30,33)(H,32,34). The molecule has 6 nitrogen and oxygen atoms in total. The van der Waals surface area contributed by atoms with Crippen molar-refractivity contribution in [1.82, 2.24) is 29.9 Å². The van der Waals surface area contributed by atoms with Crippen LogP contribution in [0.3, 0.4) is 0 Å². The molecular formula is C28H26N6. The number of benzene rings is 3. The second kappa shape index (κ2) is 7.76. The molecule has 6 aromatic rings. The molecule has 6 rings (SSSR count). The van der Waals surface area contributed by atoms with Gasteiger partial charge in [-0.2, -0.15) is 0 Å². The molecule has 0 atom stereocenters. The summed E-state index contributed by atoms with van der Waals surface area (Å²) in [5.74, 6) is 3.45. The van der Waals surface area contributed by atoms with Crippen molar-refractivity contribution in [3.8, 4) is 22.6 Å². The Morgan fingerprint density at radius 3 is 2.21 bits per heavy atom. The van der Waals surface area contributed by atoms with Crippen LogP contribution in [0.1, 0.15) is 51.2 Å². The van der Waals surface area contributed by atoms with Crippen LogP contribution >= 0.6 is 0 Å². The number of fused-ring (bicyclic) bond motifs is 4. The Hall–Kier alpha value is -4.06. The van der Waals surface area contributed by atoms with Crippen molar-refractivity contribution in [3.05, 3.63) is 72.6 Å². The molecule has 0 saturated heterocycles. The molecule has 34 heavy (non-hydrogen) atoms. The van der Waals surface area contributed by atoms with Gasteiger partial charge in [0.25, 0.3) is 0 Å². The number of aromatic nitrogens is 6. The summed E-state index contributed by atoms with van der Waals surface area (Å²) in [5, 5.41) is 3.30. The summed E-state index contributed by atoms with van der Waals surface area (Å²) in [7, 11) is 0. The Morgan fingerprint density at radius 2 is 1.41 bits per heavy atom. The van der Waals surface area contributed by atoms with E-state index >= 15 is 0 Å². The van der Waals surface area contributed by atoms with E-state index < -0.39 is 0 Å². The predicted molar refractivity (Wildman–Crippen MR) is 138 cm³/mol. The molecule has 168 valence electrons. The van der Waals surface area contributed by atoms with Crippen LogP contribution in [0.25, 0.3) is 55.4 Å². The highest BCUT2D eigenvalue weighted by Gasteiger charge is 2.12. The average molecular weight is 447 g/mol. The minimum Gasteiger partial charge on any atom is -0.342 e. The first-order chi connectivity index (χ1) is 16.5. The Labute approximate surface area is 197 Å². The number of H-pyrrole nitrogens is 2. The van der Waals surface area contributed by atoms with Crippen molar-refractivity contribution in [1.29, 1.82) is 0 Å². The molecule has 3 aromatic heterocycles. The molecule has 0 spiro atoms. The van der Waals surface area contributed by atoms with Gasteiger partial charge in [0.2, 0.25) is 0 Å². The van der Waals surface area contributed by atoms with Gasteiger partial charge < -0.3 is 9.97 Å². The average Bonchev–Trinajstić information content (AvgIpc) is 3.51. The van der Waals surface area contributed by atoms with E-state index in [1.165, 1.54) is 0 Å². The minimum absolute atomic E-state index is 0.360. The topological polar surface area (TPSA) is 83.1 Å². The fourth-order valence-electron chi connectivity index (χ4n) is 4.36. The maximum absolute atomic E-state index is 4.85. The molecule has 0 aliphatic carbocycles. The second-order valence-electron chi connectivity index (χ2n) is 9.48. The lowest BCUT2D eigenvalue weighted by atomic mass is 10.0. The van der Waals surface area contributed by atoms with E-state index in [2.05, 4.69) is 90.1 Å². The molecule has 0 amide bonds. The van der Waals surface area contributed by atoms with Crippen molar-refractivity contribution in [2.24, 2.45) is 0 Å². The van der Waals surface area contributed by atoms with E-state index in [4.69, 9.17) is 9.97 Å². The van der Waals surface area contributed by atoms with E-state index in [0.29, 0.717) is 11.8 Å². The van der Waals surface area contributed by atoms with E-state index in [1.54, 1.807) is 0 Å². The SMILES string of the molecule is CC(C)c1ncc(-c2ccc3nc(-c4ccc5c(ccc6nc(C(C)C)[nH]c65)c4)ncc3c2)[nH]1. The van der Waals surface area contributed by atoms with Gasteiger partial charge in [-0.15, -0.1) is 0 Å². The summed E-state index contributed by atoms with van der Waals surface area (Å²) in [6.45, 7) is 8.56. The number of imidazole rings is 2. The highest BCUT2D eigenvalue weighted by molar-refractivity contribution is 6.05. The number of rotatable bonds is 4. The predicted octanol–water partition coefficient (Wildman–Crippen LogP) is 6.96. The number of nitrogens with zero attached hydrogens (tertiary/aromatic N) is 4. The lowest BCUT2D eigenvalue weighted by Crippen LogP contribution is -1.91. The van der Waals surface area contributed by atoms with Crippen LogP contribution in [0.15, 0.2) is 60.9 Å². The van der Waals surface area contributed by atoms with Crippen molar-refractivity contribution in [2.45, 2.75) is 39.5 Å². The smallest absolute Gasteiger partial charge is 0.159 e. The zero-order valence-corrected chi connectivity index (χ0v) is 19.7. The minimum atomic E-state index is 0.360. The largest absolute Gasteiger partial charge is 0.342 e. The Morgan fingerprint density at radius 1 is 0.647 bits per heavy atom. The van der Waals surface area contributed by atoms with Gasteiger partial charge >= 0.3 is 0 Å². The second-order valence-corrected chi connectivity index (χ2v) is 9.48.